The minimum atomic E-state index is -0.599. The lowest BCUT2D eigenvalue weighted by atomic mass is 10.1. The van der Waals surface area contributed by atoms with Gasteiger partial charge in [-0.15, -0.1) is 5.10 Å². The van der Waals surface area contributed by atoms with E-state index in [1.807, 2.05) is 0 Å². The number of guanidine groups is 1. The maximum atomic E-state index is 11.1. The van der Waals surface area contributed by atoms with E-state index in [-0.39, 0.29) is 28.7 Å². The van der Waals surface area contributed by atoms with Crippen molar-refractivity contribution >= 4 is 17.9 Å². The van der Waals surface area contributed by atoms with Gasteiger partial charge in [-0.25, -0.2) is 0 Å². The average molecular weight is 267 g/mol. The van der Waals surface area contributed by atoms with Crippen LogP contribution in [-0.2, 0) is 0 Å². The molecule has 0 aromatic heterocycles. The van der Waals surface area contributed by atoms with Crippen molar-refractivity contribution in [3.05, 3.63) is 27.8 Å². The van der Waals surface area contributed by atoms with Crippen molar-refractivity contribution in [3.63, 3.8) is 0 Å². The Hall–Kier alpha value is -2.84. The number of nitro groups is 1. The zero-order valence-electron chi connectivity index (χ0n) is 10.4. The first-order valence-electron chi connectivity index (χ1n) is 5.02. The highest BCUT2D eigenvalue weighted by molar-refractivity contribution is 5.91. The van der Waals surface area contributed by atoms with Crippen LogP contribution in [0.3, 0.4) is 0 Å². The van der Waals surface area contributed by atoms with E-state index in [0.717, 1.165) is 6.21 Å². The van der Waals surface area contributed by atoms with E-state index in [1.54, 1.807) is 0 Å². The fraction of sp³-hybridized carbons (Fsp3) is 0.200. The molecule has 0 spiro atoms. The molecule has 0 aliphatic rings. The highest BCUT2D eigenvalue weighted by Gasteiger charge is 2.23. The highest BCUT2D eigenvalue weighted by atomic mass is 16.6. The summed E-state index contributed by atoms with van der Waals surface area (Å²) in [6.45, 7) is 0. The number of rotatable bonds is 5. The van der Waals surface area contributed by atoms with Gasteiger partial charge in [-0.05, 0) is 12.1 Å². The van der Waals surface area contributed by atoms with Gasteiger partial charge < -0.3 is 20.9 Å². The van der Waals surface area contributed by atoms with Crippen molar-refractivity contribution in [3.8, 4) is 11.5 Å². The van der Waals surface area contributed by atoms with Gasteiger partial charge in [-0.3, -0.25) is 10.1 Å². The van der Waals surface area contributed by atoms with Gasteiger partial charge in [0.05, 0.1) is 25.4 Å². The lowest BCUT2D eigenvalue weighted by Gasteiger charge is -2.08. The van der Waals surface area contributed by atoms with E-state index >= 15 is 0 Å². The number of ether oxygens (including phenoxy) is 2. The molecular formula is C10H13N5O4. The number of hydrogen-bond donors (Lipinski definition) is 2. The molecule has 0 saturated heterocycles. The molecule has 0 atom stereocenters. The molecule has 0 unspecified atom stereocenters. The average Bonchev–Trinajstić information content (AvgIpc) is 2.37. The zero-order chi connectivity index (χ0) is 14.4. The van der Waals surface area contributed by atoms with Crippen molar-refractivity contribution < 1.29 is 14.4 Å². The first-order valence-corrected chi connectivity index (χ1v) is 5.02. The lowest BCUT2D eigenvalue weighted by Crippen LogP contribution is -2.21. The van der Waals surface area contributed by atoms with Crippen LogP contribution >= 0.6 is 0 Å². The minimum Gasteiger partial charge on any atom is -0.496 e. The number of hydrogen-bond acceptors (Lipinski definition) is 6. The van der Waals surface area contributed by atoms with E-state index < -0.39 is 4.92 Å². The van der Waals surface area contributed by atoms with Crippen LogP contribution < -0.4 is 20.9 Å². The van der Waals surface area contributed by atoms with Crippen LogP contribution in [0.25, 0.3) is 0 Å². The summed E-state index contributed by atoms with van der Waals surface area (Å²) >= 11 is 0. The first kappa shape index (κ1) is 14.2. The predicted octanol–water partition coefficient (Wildman–Crippen LogP) is 0.219. The Kier molecular flexibility index (Phi) is 4.63. The third kappa shape index (κ3) is 3.31. The number of nitrogens with zero attached hydrogens (tertiary/aromatic N) is 3. The SMILES string of the molecule is COc1ccc(OC)c([N+](=O)[O-])c1C=NN=C(N)N. The smallest absolute Gasteiger partial charge is 0.323 e. The molecule has 9 nitrogen and oxygen atoms in total. The second-order valence-electron chi connectivity index (χ2n) is 3.26. The van der Waals surface area contributed by atoms with Gasteiger partial charge in [-0.1, -0.05) is 0 Å². The summed E-state index contributed by atoms with van der Waals surface area (Å²) in [6, 6.07) is 2.94. The Bertz CT molecular complexity index is 537. The largest absolute Gasteiger partial charge is 0.496 e. The maximum Gasteiger partial charge on any atom is 0.323 e. The fourth-order valence-corrected chi connectivity index (χ4v) is 1.38. The van der Waals surface area contributed by atoms with Crippen LogP contribution in [0.2, 0.25) is 0 Å². The summed E-state index contributed by atoms with van der Waals surface area (Å²) in [6.07, 6.45) is 1.12. The second kappa shape index (κ2) is 6.19. The van der Waals surface area contributed by atoms with Gasteiger partial charge in [0.2, 0.25) is 5.96 Å². The summed E-state index contributed by atoms with van der Waals surface area (Å²) in [5.74, 6) is 0.0692. The molecule has 1 aromatic carbocycles. The summed E-state index contributed by atoms with van der Waals surface area (Å²) in [5.41, 5.74) is 10.0. The number of nitrogens with two attached hydrogens (primary N) is 2. The van der Waals surface area contributed by atoms with Crippen LogP contribution in [0.4, 0.5) is 5.69 Å². The van der Waals surface area contributed by atoms with Gasteiger partial charge in [-0.2, -0.15) is 5.10 Å². The Morgan fingerprint density at radius 1 is 1.32 bits per heavy atom. The maximum absolute atomic E-state index is 11.1. The quantitative estimate of drug-likeness (QED) is 0.338. The Balaban J connectivity index is 3.43. The van der Waals surface area contributed by atoms with Gasteiger partial charge in [0.1, 0.15) is 11.3 Å². The molecule has 0 heterocycles. The van der Waals surface area contributed by atoms with Crippen LogP contribution in [0.5, 0.6) is 11.5 Å². The van der Waals surface area contributed by atoms with E-state index in [0.29, 0.717) is 0 Å². The van der Waals surface area contributed by atoms with Crippen molar-refractivity contribution in [2.75, 3.05) is 14.2 Å². The van der Waals surface area contributed by atoms with E-state index in [1.165, 1.54) is 26.4 Å². The lowest BCUT2D eigenvalue weighted by molar-refractivity contribution is -0.385. The predicted molar refractivity (Wildman–Crippen MR) is 69.6 cm³/mol. The van der Waals surface area contributed by atoms with Crippen LogP contribution in [0.15, 0.2) is 22.3 Å². The first-order chi connectivity index (χ1) is 9.01. The summed E-state index contributed by atoms with van der Waals surface area (Å²) in [7, 11) is 2.70. The zero-order valence-corrected chi connectivity index (χ0v) is 10.4. The molecule has 0 fully saturated rings. The molecule has 0 bridgehead atoms. The molecule has 0 aliphatic carbocycles. The Morgan fingerprint density at radius 2 is 1.89 bits per heavy atom. The summed E-state index contributed by atoms with van der Waals surface area (Å²) in [4.78, 5) is 10.5. The van der Waals surface area contributed by atoms with E-state index in [2.05, 4.69) is 10.2 Å². The molecule has 0 aliphatic heterocycles. The van der Waals surface area contributed by atoms with Gasteiger partial charge in [0.15, 0.2) is 5.75 Å². The fourth-order valence-electron chi connectivity index (χ4n) is 1.38. The van der Waals surface area contributed by atoms with E-state index in [9.17, 15) is 10.1 Å². The molecule has 9 heteroatoms. The molecule has 0 amide bonds. The number of methoxy groups -OCH3 is 2. The van der Waals surface area contributed by atoms with Crippen molar-refractivity contribution in [2.45, 2.75) is 0 Å². The van der Waals surface area contributed by atoms with Gasteiger partial charge in [0, 0.05) is 0 Å². The van der Waals surface area contributed by atoms with E-state index in [4.69, 9.17) is 20.9 Å². The van der Waals surface area contributed by atoms with Crippen molar-refractivity contribution in [1.29, 1.82) is 0 Å². The number of benzene rings is 1. The molecule has 0 radical (unpaired) electrons. The molecule has 1 rings (SSSR count). The molecule has 19 heavy (non-hydrogen) atoms. The Labute approximate surface area is 108 Å². The summed E-state index contributed by atoms with van der Waals surface area (Å²) in [5, 5.41) is 18.0. The topological polar surface area (TPSA) is 138 Å². The van der Waals surface area contributed by atoms with Crippen LogP contribution in [0.1, 0.15) is 5.56 Å². The molecule has 102 valence electrons. The van der Waals surface area contributed by atoms with Crippen LogP contribution in [0, 0.1) is 10.1 Å². The van der Waals surface area contributed by atoms with Crippen molar-refractivity contribution in [1.82, 2.24) is 0 Å². The summed E-state index contributed by atoms with van der Waals surface area (Å²) < 4.78 is 9.96. The molecule has 1 aromatic rings. The van der Waals surface area contributed by atoms with Crippen molar-refractivity contribution in [2.24, 2.45) is 21.7 Å². The standard InChI is InChI=1S/C10H13N5O4/c1-18-7-3-4-8(19-2)9(15(16)17)6(7)5-13-14-10(11)12/h3-5H,1-2H3,(H4,11,12,14). The molecular weight excluding hydrogens is 254 g/mol. The van der Waals surface area contributed by atoms with Gasteiger partial charge >= 0.3 is 5.69 Å². The third-order valence-electron chi connectivity index (χ3n) is 2.12. The number of nitro benzene ring substituents is 1. The highest BCUT2D eigenvalue weighted by Crippen LogP contribution is 2.35. The van der Waals surface area contributed by atoms with Crippen LogP contribution in [-0.4, -0.2) is 31.3 Å². The monoisotopic (exact) mass is 267 g/mol. The third-order valence-corrected chi connectivity index (χ3v) is 2.12. The molecule has 4 N–H and O–H groups in total. The second-order valence-corrected chi connectivity index (χ2v) is 3.26. The molecule has 0 saturated carbocycles. The normalized spacial score (nSPS) is 10.2. The minimum absolute atomic E-state index is 0.0805. The Morgan fingerprint density at radius 3 is 2.37 bits per heavy atom. The van der Waals surface area contributed by atoms with Gasteiger partial charge in [0.25, 0.3) is 0 Å².